The first kappa shape index (κ1) is 57.9. The first-order valence-electron chi connectivity index (χ1n) is 27.5. The highest BCUT2D eigenvalue weighted by molar-refractivity contribution is 7.92. The number of carboxylic acid groups (broad SMARTS) is 1. The molecule has 0 aromatic heterocycles. The molecule has 0 radical (unpaired) electrons. The van der Waals surface area contributed by atoms with E-state index in [0.717, 1.165) is 11.1 Å². The van der Waals surface area contributed by atoms with Gasteiger partial charge in [0.05, 0.1) is 29.3 Å². The Balaban J connectivity index is 2.01. The second-order valence-corrected chi connectivity index (χ2v) is 60.3. The van der Waals surface area contributed by atoms with Crippen molar-refractivity contribution in [2.75, 3.05) is 13.2 Å². The second-order valence-electron chi connectivity index (χ2n) is 22.3. The molecule has 1 aliphatic carbocycles. The fraction of sp³-hybridized carbons (Fsp3) is 0.719. The van der Waals surface area contributed by atoms with Crippen molar-refractivity contribution in [3.8, 4) is 22.6 Å². The van der Waals surface area contributed by atoms with Gasteiger partial charge in [-0.15, -0.1) is 5.54 Å². The quantitative estimate of drug-likeness (QED) is 0.0425. The van der Waals surface area contributed by atoms with E-state index in [4.69, 9.17) is 4.74 Å². The highest BCUT2D eigenvalue weighted by atomic mass is 29.9. The maximum absolute atomic E-state index is 14.3. The lowest BCUT2D eigenvalue weighted by molar-refractivity contribution is -0.141. The maximum atomic E-state index is 14.3. The molecule has 9 heteroatoms. The molecule has 3 rings (SSSR count). The number of benzene rings is 2. The third kappa shape index (κ3) is 16.9. The van der Waals surface area contributed by atoms with E-state index in [1.807, 2.05) is 12.1 Å². The zero-order valence-corrected chi connectivity index (χ0v) is 48.4. The van der Waals surface area contributed by atoms with Crippen LogP contribution >= 0.6 is 0 Å². The van der Waals surface area contributed by atoms with E-state index in [9.17, 15) is 14.7 Å². The second kappa shape index (κ2) is 30.3. The lowest BCUT2D eigenvalue weighted by Gasteiger charge is -2.57. The Hall–Kier alpha value is -2.39. The van der Waals surface area contributed by atoms with Gasteiger partial charge in [-0.25, -0.2) is 9.59 Å². The van der Waals surface area contributed by atoms with Crippen LogP contribution < -0.4 is 0 Å². The smallest absolute Gasteiger partial charge is 0.411 e. The molecule has 0 saturated heterocycles. The molecule has 0 saturated carbocycles. The largest absolute Gasteiger partial charge is 0.480 e. The number of aliphatic carboxylic acids is 1. The van der Waals surface area contributed by atoms with Gasteiger partial charge in [-0.3, -0.25) is 4.90 Å². The van der Waals surface area contributed by atoms with E-state index >= 15 is 0 Å². The third-order valence-electron chi connectivity index (χ3n) is 15.9. The van der Waals surface area contributed by atoms with E-state index < -0.39 is 47.5 Å². The summed E-state index contributed by atoms with van der Waals surface area (Å²) >= 11 is 0. The lowest BCUT2D eigenvalue weighted by atomic mass is 9.98. The van der Waals surface area contributed by atoms with Gasteiger partial charge in [0.25, 0.3) is 0 Å². The number of ether oxygens (including phenoxy) is 1. The van der Waals surface area contributed by atoms with E-state index in [1.54, 1.807) is 6.92 Å². The van der Waals surface area contributed by atoms with Crippen molar-refractivity contribution in [1.82, 2.24) is 4.90 Å². The standard InChI is InChI=1S/C57H99NO4Si4/c1-11-14-17-20-23-26-29-36-45-63(5,6)66(64(7,8)46-37-30-27-24-21-18-15-12-2,65(9,10)47-38-31-28-25-22-19-16-13-3)48-39-44-58(50(4)56(59)60)57(61)62-49-55-53-42-34-32-40-51(53)52-41-33-35-43-54(52)55/h32-35,40-43,50,55H,11-31,36-38,44-47,49H2,1-10H3,(H,59,60)/t50-/m0/s1. The van der Waals surface area contributed by atoms with Crippen LogP contribution in [0.4, 0.5) is 4.79 Å². The van der Waals surface area contributed by atoms with E-state index in [-0.39, 0.29) is 19.1 Å². The summed E-state index contributed by atoms with van der Waals surface area (Å²) in [6.45, 7) is 23.1. The van der Waals surface area contributed by atoms with Crippen LogP contribution in [0.1, 0.15) is 199 Å². The minimum Gasteiger partial charge on any atom is -0.480 e. The number of carbonyl (C=O) groups is 2. The first-order valence-corrected chi connectivity index (χ1v) is 42.1. The average molecular weight is 975 g/mol. The summed E-state index contributed by atoms with van der Waals surface area (Å²) in [4.78, 5) is 28.4. The minimum absolute atomic E-state index is 0.0936. The fourth-order valence-corrected chi connectivity index (χ4v) is 105. The Labute approximate surface area is 410 Å². The summed E-state index contributed by atoms with van der Waals surface area (Å²) < 4.78 is 6.17. The van der Waals surface area contributed by atoms with Crippen LogP contribution in [0.3, 0.4) is 0 Å². The Bertz CT molecular complexity index is 1640. The van der Waals surface area contributed by atoms with Gasteiger partial charge in [0.15, 0.2) is 0 Å². The number of fused-ring (bicyclic) bond motifs is 3. The van der Waals surface area contributed by atoms with Crippen molar-refractivity contribution < 1.29 is 19.4 Å². The van der Waals surface area contributed by atoms with Crippen LogP contribution in [0, 0.1) is 11.5 Å². The molecule has 2 aromatic carbocycles. The van der Waals surface area contributed by atoms with Crippen molar-refractivity contribution >= 4 is 41.5 Å². The van der Waals surface area contributed by atoms with Crippen LogP contribution in [0.25, 0.3) is 11.1 Å². The van der Waals surface area contributed by atoms with E-state index in [2.05, 4.69) is 108 Å². The number of carboxylic acids is 1. The number of rotatable bonds is 35. The number of hydrogen-bond acceptors (Lipinski definition) is 3. The van der Waals surface area contributed by atoms with Crippen LogP contribution in [-0.4, -0.2) is 70.7 Å². The van der Waals surface area contributed by atoms with Crippen LogP contribution in [0.2, 0.25) is 57.4 Å². The Kier molecular flexibility index (Phi) is 26.6. The zero-order valence-electron chi connectivity index (χ0n) is 44.4. The monoisotopic (exact) mass is 974 g/mol. The van der Waals surface area contributed by atoms with E-state index in [0.29, 0.717) is 0 Å². The molecule has 1 amide bonds. The lowest BCUT2D eigenvalue weighted by Crippen LogP contribution is -2.84. The van der Waals surface area contributed by atoms with Gasteiger partial charge in [-0.05, 0) is 29.2 Å². The summed E-state index contributed by atoms with van der Waals surface area (Å²) in [7, 11) is -5.78. The number of amides is 1. The number of hydrogen-bond donors (Lipinski definition) is 1. The van der Waals surface area contributed by atoms with Gasteiger partial charge < -0.3 is 9.84 Å². The first-order chi connectivity index (χ1) is 31.6. The summed E-state index contributed by atoms with van der Waals surface area (Å²) in [5.41, 5.74) is 9.06. The third-order valence-corrected chi connectivity index (χ3v) is 85.6. The van der Waals surface area contributed by atoms with Crippen LogP contribution in [0.15, 0.2) is 48.5 Å². The number of nitrogens with zero attached hydrogens (tertiary/aromatic N) is 1. The molecule has 5 nitrogen and oxygen atoms in total. The molecule has 0 bridgehead atoms. The highest BCUT2D eigenvalue weighted by Gasteiger charge is 2.65. The van der Waals surface area contributed by atoms with Gasteiger partial charge in [0.2, 0.25) is 0 Å². The molecule has 1 aliphatic rings. The van der Waals surface area contributed by atoms with Gasteiger partial charge in [-0.2, -0.15) is 0 Å². The van der Waals surface area contributed by atoms with Crippen LogP contribution in [0.5, 0.6) is 0 Å². The summed E-state index contributed by atoms with van der Waals surface area (Å²) in [5.74, 6) is 2.67. The predicted molar refractivity (Wildman–Crippen MR) is 297 cm³/mol. The van der Waals surface area contributed by atoms with Crippen LogP contribution in [-0.2, 0) is 9.53 Å². The minimum atomic E-state index is -2.29. The summed E-state index contributed by atoms with van der Waals surface area (Å²) in [6, 6.07) is 19.7. The molecule has 0 aliphatic heterocycles. The van der Waals surface area contributed by atoms with Gasteiger partial charge in [0, 0.05) is 5.92 Å². The SMILES string of the molecule is CCCCCCCCCC[Si](C)(C)[Si](C#CCN(C(=O)OCC1c2ccccc2-c2ccccc21)[C@@H](C)C(=O)O)([Si](C)(C)CCCCCCCCCC)[Si](C)(C)CCCCCCCCCC. The van der Waals surface area contributed by atoms with Crippen molar-refractivity contribution in [1.29, 1.82) is 0 Å². The average Bonchev–Trinajstić information content (AvgIpc) is 3.61. The Morgan fingerprint density at radius 1 is 0.561 bits per heavy atom. The molecule has 1 atom stereocenters. The van der Waals surface area contributed by atoms with Gasteiger partial charge in [-0.1, -0.05) is 287 Å². The summed E-state index contributed by atoms with van der Waals surface area (Å²) in [6.07, 6.45) is 31.6. The molecule has 1 N–H and O–H groups in total. The van der Waals surface area contributed by atoms with E-state index in [1.165, 1.54) is 188 Å². The molecule has 2 aromatic rings. The topological polar surface area (TPSA) is 66.8 Å². The molecule has 0 fully saturated rings. The number of carbonyl (C=O) groups excluding carboxylic acids is 1. The maximum Gasteiger partial charge on any atom is 0.411 e. The molecule has 66 heavy (non-hydrogen) atoms. The van der Waals surface area contributed by atoms with Gasteiger partial charge in [0.1, 0.15) is 19.3 Å². The van der Waals surface area contributed by atoms with Crippen molar-refractivity contribution in [2.45, 2.75) is 251 Å². The zero-order chi connectivity index (χ0) is 48.5. The highest BCUT2D eigenvalue weighted by Crippen LogP contribution is 2.46. The summed E-state index contributed by atoms with van der Waals surface area (Å²) in [5, 5.41) is 10.4. The molecular formula is C57H99NO4Si4. The molecule has 0 unspecified atom stereocenters. The predicted octanol–water partition coefficient (Wildman–Crippen LogP) is 17.5. The molecule has 372 valence electrons. The van der Waals surface area contributed by atoms with Crippen molar-refractivity contribution in [3.05, 3.63) is 59.7 Å². The molecular weight excluding hydrogens is 875 g/mol. The molecule has 0 spiro atoms. The van der Waals surface area contributed by atoms with Crippen molar-refractivity contribution in [3.63, 3.8) is 0 Å². The Morgan fingerprint density at radius 2 is 0.894 bits per heavy atom. The number of unbranched alkanes of at least 4 members (excludes halogenated alkanes) is 21. The Morgan fingerprint density at radius 3 is 1.24 bits per heavy atom. The van der Waals surface area contributed by atoms with Crippen molar-refractivity contribution in [2.24, 2.45) is 0 Å². The fourth-order valence-electron chi connectivity index (χ4n) is 12.3. The normalized spacial score (nSPS) is 13.5. The van der Waals surface area contributed by atoms with Gasteiger partial charge >= 0.3 is 12.1 Å². The molecule has 0 heterocycles.